The van der Waals surface area contributed by atoms with E-state index in [9.17, 15) is 4.79 Å². The number of hydrogen-bond acceptors (Lipinski definition) is 1. The van der Waals surface area contributed by atoms with Crippen molar-refractivity contribution in [1.82, 2.24) is 4.57 Å². The topological polar surface area (TPSA) is 25.2 Å². The van der Waals surface area contributed by atoms with Gasteiger partial charge >= 0.3 is 0 Å². The maximum absolute atomic E-state index is 13.8. The van der Waals surface area contributed by atoms with Gasteiger partial charge in [0.25, 0.3) is 5.91 Å². The molecule has 0 fully saturated rings. The fraction of sp³-hybridized carbons (Fsp3) is 0.306. The molecule has 3 aromatic carbocycles. The van der Waals surface area contributed by atoms with Gasteiger partial charge in [0.1, 0.15) is 0 Å². The van der Waals surface area contributed by atoms with Gasteiger partial charge in [0, 0.05) is 32.6 Å². The predicted molar refractivity (Wildman–Crippen MR) is 168 cm³/mol. The second kappa shape index (κ2) is 8.84. The fourth-order valence-corrected chi connectivity index (χ4v) is 6.06. The summed E-state index contributed by atoms with van der Waals surface area (Å²) in [7, 11) is 0. The highest BCUT2D eigenvalue weighted by Gasteiger charge is 2.36. The molecule has 5 rings (SSSR count). The summed E-state index contributed by atoms with van der Waals surface area (Å²) < 4.78 is 2.20. The van der Waals surface area contributed by atoms with Crippen LogP contribution in [0.2, 0.25) is 0 Å². The van der Waals surface area contributed by atoms with Gasteiger partial charge in [-0.3, -0.25) is 9.69 Å². The second-order valence-electron chi connectivity index (χ2n) is 12.5. The van der Waals surface area contributed by atoms with Gasteiger partial charge in [0.2, 0.25) is 0 Å². The maximum atomic E-state index is 13.8. The number of fused-ring (bicyclic) bond motifs is 2. The van der Waals surface area contributed by atoms with E-state index in [4.69, 9.17) is 0 Å². The largest absolute Gasteiger partial charge is 0.310 e. The molecule has 1 aliphatic rings. The van der Waals surface area contributed by atoms with Crippen LogP contribution in [0.25, 0.3) is 35.3 Å². The van der Waals surface area contributed by atoms with E-state index in [2.05, 4.69) is 117 Å². The molecule has 39 heavy (non-hydrogen) atoms. The summed E-state index contributed by atoms with van der Waals surface area (Å²) in [6.07, 6.45) is 0. The van der Waals surface area contributed by atoms with Crippen LogP contribution in [0.4, 0.5) is 5.69 Å². The lowest BCUT2D eigenvalue weighted by atomic mass is 9.85. The van der Waals surface area contributed by atoms with Gasteiger partial charge in [-0.25, -0.2) is 0 Å². The molecule has 3 nitrogen and oxygen atoms in total. The van der Waals surface area contributed by atoms with Crippen molar-refractivity contribution in [3.8, 4) is 5.69 Å². The Labute approximate surface area is 232 Å². The lowest BCUT2D eigenvalue weighted by Gasteiger charge is -2.27. The second-order valence-corrected chi connectivity index (χ2v) is 12.5. The molecule has 200 valence electrons. The number of amides is 1. The normalized spacial score (nSPS) is 13.7. The predicted octanol–water partition coefficient (Wildman–Crippen LogP) is 7.74. The van der Waals surface area contributed by atoms with Crippen LogP contribution < -0.4 is 15.6 Å². The number of carbonyl (C=O) groups is 1. The van der Waals surface area contributed by atoms with Crippen LogP contribution in [0.3, 0.4) is 0 Å². The van der Waals surface area contributed by atoms with E-state index >= 15 is 0 Å². The number of nitrogens with zero attached hydrogens (tertiary/aromatic N) is 2. The number of anilines is 1. The van der Waals surface area contributed by atoms with E-state index in [-0.39, 0.29) is 11.3 Å². The first-order chi connectivity index (χ1) is 18.2. The van der Waals surface area contributed by atoms with E-state index in [1.54, 1.807) is 0 Å². The van der Waals surface area contributed by atoms with Crippen molar-refractivity contribution in [2.24, 2.45) is 0 Å². The van der Waals surface area contributed by atoms with Gasteiger partial charge in [-0.05, 0) is 90.6 Å². The zero-order chi connectivity index (χ0) is 28.7. The van der Waals surface area contributed by atoms with Gasteiger partial charge in [-0.15, -0.1) is 0 Å². The number of aromatic nitrogens is 1. The first kappa shape index (κ1) is 26.7. The zero-order valence-corrected chi connectivity index (χ0v) is 25.0. The summed E-state index contributed by atoms with van der Waals surface area (Å²) in [5.41, 5.74) is 11.2. The van der Waals surface area contributed by atoms with E-state index in [0.29, 0.717) is 11.5 Å². The molecule has 0 spiro atoms. The number of rotatable bonds is 3. The smallest absolute Gasteiger partial charge is 0.263 e. The van der Waals surface area contributed by atoms with Crippen molar-refractivity contribution in [2.45, 2.75) is 73.6 Å². The van der Waals surface area contributed by atoms with Crippen molar-refractivity contribution in [3.05, 3.63) is 98.2 Å². The Morgan fingerprint density at radius 1 is 0.718 bits per heavy atom. The third-order valence-electron chi connectivity index (χ3n) is 8.76. The molecule has 1 amide bonds. The highest BCUT2D eigenvalue weighted by molar-refractivity contribution is 6.22. The van der Waals surface area contributed by atoms with Crippen LogP contribution in [0.15, 0.2) is 43.0 Å². The maximum Gasteiger partial charge on any atom is 0.263 e. The highest BCUT2D eigenvalue weighted by Crippen LogP contribution is 2.43. The summed E-state index contributed by atoms with van der Waals surface area (Å²) in [6, 6.07) is 12.8. The minimum atomic E-state index is -0.0168. The van der Waals surface area contributed by atoms with E-state index < -0.39 is 0 Å². The quantitative estimate of drug-likeness (QED) is 0.273. The Morgan fingerprint density at radius 3 is 1.85 bits per heavy atom. The summed E-state index contributed by atoms with van der Waals surface area (Å²) in [5, 5.41) is 4.14. The van der Waals surface area contributed by atoms with E-state index in [1.165, 1.54) is 11.1 Å². The van der Waals surface area contributed by atoms with Crippen LogP contribution in [0.5, 0.6) is 0 Å². The van der Waals surface area contributed by atoms with Crippen molar-refractivity contribution < 1.29 is 4.79 Å². The molecule has 0 radical (unpaired) electrons. The molecule has 0 unspecified atom stereocenters. The van der Waals surface area contributed by atoms with E-state index in [0.717, 1.165) is 66.4 Å². The molecule has 1 aliphatic heterocycles. The van der Waals surface area contributed by atoms with Gasteiger partial charge in [-0.2, -0.15) is 0 Å². The molecule has 0 saturated carbocycles. The first-order valence-corrected chi connectivity index (χ1v) is 13.8. The summed E-state index contributed by atoms with van der Waals surface area (Å²) in [4.78, 5) is 15.6. The molecular weight excluding hydrogens is 476 g/mol. The molecular formula is C36H40N2O. The molecule has 0 bridgehead atoms. The summed E-state index contributed by atoms with van der Waals surface area (Å²) >= 11 is 0. The van der Waals surface area contributed by atoms with Gasteiger partial charge < -0.3 is 4.57 Å². The van der Waals surface area contributed by atoms with Crippen LogP contribution in [-0.2, 0) is 5.41 Å². The van der Waals surface area contributed by atoms with E-state index in [1.807, 2.05) is 11.0 Å². The molecule has 0 atom stereocenters. The average molecular weight is 517 g/mol. The van der Waals surface area contributed by atoms with Crippen LogP contribution >= 0.6 is 0 Å². The minimum absolute atomic E-state index is 0.0134. The molecule has 0 saturated heterocycles. The van der Waals surface area contributed by atoms with Crippen molar-refractivity contribution in [1.29, 1.82) is 0 Å². The number of hydrogen-bond donors (Lipinski definition) is 0. The Kier molecular flexibility index (Phi) is 6.06. The third-order valence-corrected chi connectivity index (χ3v) is 8.76. The van der Waals surface area contributed by atoms with Crippen LogP contribution in [0.1, 0.15) is 89.8 Å². The highest BCUT2D eigenvalue weighted by atomic mass is 16.2. The van der Waals surface area contributed by atoms with Gasteiger partial charge in [0.15, 0.2) is 0 Å². The SMILES string of the molecule is C=C1c2cc(C(C)(C)C)ccc2C(=O)N1c1c(C)c(C)c(-n2c(=C)c3ccc(C(C)C)cc3c2=C)c(C)c1C. The first-order valence-electron chi connectivity index (χ1n) is 13.8. The van der Waals surface area contributed by atoms with Crippen LogP contribution in [-0.4, -0.2) is 10.5 Å². The minimum Gasteiger partial charge on any atom is -0.310 e. The van der Waals surface area contributed by atoms with Crippen molar-refractivity contribution >= 4 is 41.2 Å². The lowest BCUT2D eigenvalue weighted by molar-refractivity contribution is 0.101. The standard InChI is InChI=1S/C36H40N2O/c1-19(2)27-13-15-29-24(7)37(25(8)31(29)17-27)33-20(3)22(5)34(23(6)21(33)4)38-26(9)32-18-28(36(10,11)12)14-16-30(32)35(38)39/h13-19H,7-9H2,1-6,10-12H3. The van der Waals surface area contributed by atoms with Crippen molar-refractivity contribution in [2.75, 3.05) is 4.90 Å². The summed E-state index contributed by atoms with van der Waals surface area (Å²) in [6.45, 7) is 32.9. The molecule has 2 heterocycles. The van der Waals surface area contributed by atoms with Gasteiger partial charge in [0.05, 0.1) is 17.1 Å². The molecule has 0 N–H and O–H groups in total. The van der Waals surface area contributed by atoms with Crippen molar-refractivity contribution in [3.63, 3.8) is 0 Å². The third kappa shape index (κ3) is 3.82. The van der Waals surface area contributed by atoms with Gasteiger partial charge in [-0.1, -0.05) is 72.6 Å². The molecule has 0 aliphatic carbocycles. The summed E-state index contributed by atoms with van der Waals surface area (Å²) in [5.74, 6) is 0.421. The van der Waals surface area contributed by atoms with Crippen LogP contribution in [0, 0.1) is 27.7 Å². The zero-order valence-electron chi connectivity index (χ0n) is 25.0. The lowest BCUT2D eigenvalue weighted by Crippen LogP contribution is -2.28. The Morgan fingerprint density at radius 2 is 1.28 bits per heavy atom. The average Bonchev–Trinajstić information content (AvgIpc) is 3.27. The Bertz CT molecular complexity index is 1800. The fourth-order valence-electron chi connectivity index (χ4n) is 6.06. The Balaban J connectivity index is 1.71. The number of benzene rings is 3. The Hall–Kier alpha value is -3.85. The molecule has 4 aromatic rings. The molecule has 3 heteroatoms. The molecule has 1 aromatic heterocycles. The monoisotopic (exact) mass is 516 g/mol. The number of carbonyl (C=O) groups excluding carboxylic acids is 1.